The summed E-state index contributed by atoms with van der Waals surface area (Å²) in [6.07, 6.45) is 0.730. The normalized spacial score (nSPS) is 33.9. The first-order valence-corrected chi connectivity index (χ1v) is 12.3. The third-order valence-electron chi connectivity index (χ3n) is 7.20. The molecule has 1 aromatic rings. The van der Waals surface area contributed by atoms with Crippen LogP contribution in [0.5, 0.6) is 0 Å². The first-order chi connectivity index (χ1) is 15.2. The Bertz CT molecular complexity index is 938. The maximum Gasteiger partial charge on any atom is 0.310 e. The molecule has 0 saturated carbocycles. The van der Waals surface area contributed by atoms with E-state index in [4.69, 9.17) is 16.3 Å². The average Bonchev–Trinajstić information content (AvgIpc) is 3.34. The molecular weight excluding hydrogens is 452 g/mol. The summed E-state index contributed by atoms with van der Waals surface area (Å²) in [5.41, 5.74) is 1.32. The molecule has 7 atom stereocenters. The third-order valence-corrected chi connectivity index (χ3v) is 9.59. The van der Waals surface area contributed by atoms with E-state index in [-0.39, 0.29) is 42.2 Å². The van der Waals surface area contributed by atoms with Gasteiger partial charge in [0.2, 0.25) is 11.8 Å². The molecule has 2 bridgehead atoms. The number of aliphatic hydroxyl groups is 1. The lowest BCUT2D eigenvalue weighted by atomic mass is 9.66. The maximum absolute atomic E-state index is 13.8. The fourth-order valence-corrected chi connectivity index (χ4v) is 8.47. The number of hydrogen-bond acceptors (Lipinski definition) is 6. The van der Waals surface area contributed by atoms with Crippen molar-refractivity contribution in [1.29, 1.82) is 0 Å². The highest BCUT2D eigenvalue weighted by Crippen LogP contribution is 2.69. The molecule has 174 valence electrons. The van der Waals surface area contributed by atoms with E-state index in [2.05, 4.69) is 5.32 Å². The van der Waals surface area contributed by atoms with Crippen molar-refractivity contribution >= 4 is 46.8 Å². The zero-order valence-electron chi connectivity index (χ0n) is 18.6. The zero-order chi connectivity index (χ0) is 23.4. The van der Waals surface area contributed by atoms with Crippen LogP contribution in [0.25, 0.3) is 0 Å². The van der Waals surface area contributed by atoms with Gasteiger partial charge in [0.05, 0.1) is 46.5 Å². The van der Waals surface area contributed by atoms with Gasteiger partial charge in [-0.15, -0.1) is 11.8 Å². The number of nitrogens with one attached hydrogen (secondary N) is 1. The summed E-state index contributed by atoms with van der Waals surface area (Å²) < 4.78 is 4.56. The van der Waals surface area contributed by atoms with Crippen LogP contribution in [0.4, 0.5) is 5.69 Å². The number of hydrogen-bond donors (Lipinski definition) is 2. The molecule has 3 unspecified atom stereocenters. The van der Waals surface area contributed by atoms with Crippen molar-refractivity contribution in [2.24, 2.45) is 17.8 Å². The maximum atomic E-state index is 13.8. The number of carbonyl (C=O) groups is 3. The minimum atomic E-state index is -0.831. The van der Waals surface area contributed by atoms with Gasteiger partial charge in [-0.3, -0.25) is 14.4 Å². The number of likely N-dealkylation sites (tertiary alicyclic amines) is 1. The monoisotopic (exact) mass is 480 g/mol. The van der Waals surface area contributed by atoms with Crippen molar-refractivity contribution in [3.63, 3.8) is 0 Å². The largest absolute Gasteiger partial charge is 0.466 e. The van der Waals surface area contributed by atoms with Gasteiger partial charge >= 0.3 is 5.97 Å². The van der Waals surface area contributed by atoms with E-state index < -0.39 is 28.7 Å². The number of esters is 1. The second-order valence-corrected chi connectivity index (χ2v) is 11.0. The van der Waals surface area contributed by atoms with E-state index >= 15 is 0 Å². The minimum Gasteiger partial charge on any atom is -0.466 e. The predicted molar refractivity (Wildman–Crippen MR) is 124 cm³/mol. The topological polar surface area (TPSA) is 95.9 Å². The van der Waals surface area contributed by atoms with Gasteiger partial charge in [-0.2, -0.15) is 0 Å². The van der Waals surface area contributed by atoms with Crippen molar-refractivity contribution in [1.82, 2.24) is 4.90 Å². The van der Waals surface area contributed by atoms with Gasteiger partial charge in [-0.1, -0.05) is 30.7 Å². The minimum absolute atomic E-state index is 0.0381. The molecule has 3 fully saturated rings. The summed E-state index contributed by atoms with van der Waals surface area (Å²) in [6.45, 7) is 7.32. The van der Waals surface area contributed by atoms with Gasteiger partial charge in [0, 0.05) is 5.25 Å². The lowest BCUT2D eigenvalue weighted by Crippen LogP contribution is -2.56. The molecule has 2 N–H and O–H groups in total. The van der Waals surface area contributed by atoms with Crippen molar-refractivity contribution in [3.8, 4) is 0 Å². The molecule has 0 aromatic heterocycles. The Hall–Kier alpha value is -1.77. The number of carbonyl (C=O) groups excluding carboxylic acids is 3. The number of fused-ring (bicyclic) bond motifs is 1. The Morgan fingerprint density at radius 2 is 2.16 bits per heavy atom. The molecule has 3 heterocycles. The van der Waals surface area contributed by atoms with Gasteiger partial charge in [0.25, 0.3) is 0 Å². The Labute approximate surface area is 197 Å². The second kappa shape index (κ2) is 8.54. The molecule has 0 aliphatic carbocycles. The zero-order valence-corrected chi connectivity index (χ0v) is 20.2. The Morgan fingerprint density at radius 3 is 2.78 bits per heavy atom. The summed E-state index contributed by atoms with van der Waals surface area (Å²) in [7, 11) is 0. The quantitative estimate of drug-likeness (QED) is 0.608. The van der Waals surface area contributed by atoms with Crippen molar-refractivity contribution < 1.29 is 24.2 Å². The lowest BCUT2D eigenvalue weighted by Gasteiger charge is -2.39. The van der Waals surface area contributed by atoms with Gasteiger partial charge in [0.15, 0.2) is 0 Å². The number of halogens is 1. The van der Waals surface area contributed by atoms with Gasteiger partial charge in [0.1, 0.15) is 6.04 Å². The van der Waals surface area contributed by atoms with Crippen LogP contribution < -0.4 is 5.32 Å². The van der Waals surface area contributed by atoms with Crippen LogP contribution in [-0.4, -0.2) is 63.1 Å². The highest BCUT2D eigenvalue weighted by molar-refractivity contribution is 8.02. The summed E-state index contributed by atoms with van der Waals surface area (Å²) >= 11 is 7.92. The predicted octanol–water partition coefficient (Wildman–Crippen LogP) is 2.87. The van der Waals surface area contributed by atoms with Crippen molar-refractivity contribution in [3.05, 3.63) is 28.8 Å². The number of benzene rings is 1. The van der Waals surface area contributed by atoms with Gasteiger partial charge in [-0.25, -0.2) is 0 Å². The molecule has 3 aliphatic rings. The molecule has 7 nitrogen and oxygen atoms in total. The summed E-state index contributed by atoms with van der Waals surface area (Å²) in [4.78, 5) is 41.9. The van der Waals surface area contributed by atoms with E-state index in [9.17, 15) is 19.5 Å². The van der Waals surface area contributed by atoms with E-state index in [1.807, 2.05) is 26.0 Å². The number of rotatable bonds is 6. The number of amides is 2. The fourth-order valence-electron chi connectivity index (χ4n) is 5.81. The first-order valence-electron chi connectivity index (χ1n) is 11.0. The SMILES string of the molecule is CCOC(=O)[C@@H]1[C@H]2C(=O)N([C@H](C)CO)C(C(=O)Nc3c(C)cccc3Cl)C23S[C@@H]1CC3C. The van der Waals surface area contributed by atoms with Crippen LogP contribution >= 0.6 is 23.4 Å². The van der Waals surface area contributed by atoms with Crippen LogP contribution in [0, 0.1) is 24.7 Å². The molecule has 32 heavy (non-hydrogen) atoms. The second-order valence-electron chi connectivity index (χ2n) is 9.00. The number of thioether (sulfide) groups is 1. The Balaban J connectivity index is 1.78. The molecule has 4 rings (SSSR count). The Kier molecular flexibility index (Phi) is 6.24. The molecule has 9 heteroatoms. The van der Waals surface area contributed by atoms with Crippen LogP contribution in [-0.2, 0) is 19.1 Å². The average molecular weight is 481 g/mol. The number of nitrogens with zero attached hydrogens (tertiary/aromatic N) is 1. The molecule has 3 aliphatic heterocycles. The third kappa shape index (κ3) is 3.25. The first kappa shape index (κ1) is 23.4. The molecule has 1 aromatic carbocycles. The number of para-hydroxylation sites is 1. The number of aliphatic hydroxyl groups excluding tert-OH is 1. The molecular formula is C23H29ClN2O5S. The summed E-state index contributed by atoms with van der Waals surface area (Å²) in [5.74, 6) is -2.19. The van der Waals surface area contributed by atoms with E-state index in [0.29, 0.717) is 10.7 Å². The number of aryl methyl sites for hydroxylation is 1. The smallest absolute Gasteiger partial charge is 0.310 e. The molecule has 1 spiro atoms. The molecule has 3 saturated heterocycles. The number of anilines is 1. The van der Waals surface area contributed by atoms with Crippen molar-refractivity contribution in [2.45, 2.75) is 56.2 Å². The van der Waals surface area contributed by atoms with Gasteiger partial charge in [-0.05, 0) is 44.7 Å². The highest BCUT2D eigenvalue weighted by Gasteiger charge is 2.76. The fraction of sp³-hybridized carbons (Fsp3) is 0.609. The van der Waals surface area contributed by atoms with Crippen LogP contribution in [0.3, 0.4) is 0 Å². The van der Waals surface area contributed by atoms with E-state index in [1.54, 1.807) is 31.7 Å². The van der Waals surface area contributed by atoms with Crippen molar-refractivity contribution in [2.75, 3.05) is 18.5 Å². The van der Waals surface area contributed by atoms with Gasteiger partial charge < -0.3 is 20.1 Å². The summed E-state index contributed by atoms with van der Waals surface area (Å²) in [5, 5.41) is 13.2. The van der Waals surface area contributed by atoms with E-state index in [0.717, 1.165) is 12.0 Å². The van der Waals surface area contributed by atoms with Crippen LogP contribution in [0.1, 0.15) is 32.8 Å². The van der Waals surface area contributed by atoms with E-state index in [1.165, 1.54) is 4.90 Å². The standard InChI is InChI=1S/C23H29ClN2O5S/c1-5-31-22(30)16-15-9-12(3)23(32-15)17(16)21(29)26(13(4)10-27)19(23)20(28)25-18-11(2)7-6-8-14(18)24/h6-8,12-13,15-17,19,27H,5,9-10H2,1-4H3,(H,25,28)/t12?,13-,15-,16+,17+,19?,23?/m1/s1. The molecule has 0 radical (unpaired) electrons. The molecule has 2 amide bonds. The summed E-state index contributed by atoms with van der Waals surface area (Å²) in [6, 6.07) is 3.96. The number of ether oxygens (including phenoxy) is 1. The van der Waals surface area contributed by atoms with Crippen LogP contribution in [0.2, 0.25) is 5.02 Å². The van der Waals surface area contributed by atoms with Crippen LogP contribution in [0.15, 0.2) is 18.2 Å². The highest BCUT2D eigenvalue weighted by atomic mass is 35.5. The Morgan fingerprint density at radius 1 is 1.44 bits per heavy atom. The lowest BCUT2D eigenvalue weighted by molar-refractivity contribution is -0.154.